The van der Waals surface area contributed by atoms with Crippen molar-refractivity contribution < 1.29 is 4.79 Å². The number of carbonyl (C=O) groups excluding carboxylic acids is 1. The molecule has 0 aromatic carbocycles. The van der Waals surface area contributed by atoms with Gasteiger partial charge in [-0.15, -0.1) is 11.3 Å². The average molecular weight is 268 g/mol. The van der Waals surface area contributed by atoms with Crippen molar-refractivity contribution >= 4 is 28.9 Å². The molecule has 0 aliphatic heterocycles. The maximum atomic E-state index is 12.1. The number of thioether (sulfide) groups is 1. The lowest BCUT2D eigenvalue weighted by Crippen LogP contribution is -2.12. The minimum absolute atomic E-state index is 0.322. The minimum Gasteiger partial charge on any atom is -0.293 e. The van der Waals surface area contributed by atoms with E-state index in [0.29, 0.717) is 11.5 Å². The van der Waals surface area contributed by atoms with E-state index >= 15 is 0 Å². The molecule has 1 saturated carbocycles. The Morgan fingerprint density at radius 2 is 2.06 bits per heavy atom. The topological polar surface area (TPSA) is 17.1 Å². The molecule has 0 saturated heterocycles. The van der Waals surface area contributed by atoms with Crippen LogP contribution in [0.25, 0.3) is 0 Å². The third-order valence-electron chi connectivity index (χ3n) is 3.34. The molecular weight excluding hydrogens is 248 g/mol. The molecular formula is C14H20OS2. The van der Waals surface area contributed by atoms with Gasteiger partial charge in [0.15, 0.2) is 5.78 Å². The van der Waals surface area contributed by atoms with E-state index in [-0.39, 0.29) is 0 Å². The number of rotatable bonds is 4. The first kappa shape index (κ1) is 13.2. The Labute approximate surface area is 112 Å². The molecule has 1 aromatic heterocycles. The first-order valence-corrected chi connectivity index (χ1v) is 8.25. The molecule has 3 heteroatoms. The van der Waals surface area contributed by atoms with Gasteiger partial charge in [0.05, 0.1) is 5.75 Å². The van der Waals surface area contributed by atoms with E-state index in [0.717, 1.165) is 10.8 Å². The predicted octanol–water partition coefficient (Wildman–Crippen LogP) is 4.61. The van der Waals surface area contributed by atoms with Crippen LogP contribution in [0.5, 0.6) is 0 Å². The molecule has 0 amide bonds. The van der Waals surface area contributed by atoms with Crippen molar-refractivity contribution in [1.29, 1.82) is 0 Å². The Hall–Kier alpha value is -0.280. The molecule has 0 spiro atoms. The first-order chi connectivity index (χ1) is 8.16. The SMILES string of the molecule is Cc1cc(C(=O)CSC2CCCCC2)c(C)s1. The standard InChI is InChI=1S/C14H20OS2/c1-10-8-13(11(2)17-10)14(15)9-16-12-6-4-3-5-7-12/h8,12H,3-7,9H2,1-2H3. The number of carbonyl (C=O) groups is 1. The molecule has 0 bridgehead atoms. The van der Waals surface area contributed by atoms with E-state index in [1.807, 2.05) is 17.8 Å². The number of hydrogen-bond acceptors (Lipinski definition) is 3. The van der Waals surface area contributed by atoms with Crippen LogP contribution in [0.2, 0.25) is 0 Å². The van der Waals surface area contributed by atoms with E-state index in [4.69, 9.17) is 0 Å². The number of aryl methyl sites for hydroxylation is 2. The Kier molecular flexibility index (Phi) is 4.69. The summed E-state index contributed by atoms with van der Waals surface area (Å²) in [5, 5.41) is 0.729. The summed E-state index contributed by atoms with van der Waals surface area (Å²) >= 11 is 3.60. The maximum absolute atomic E-state index is 12.1. The van der Waals surface area contributed by atoms with Crippen LogP contribution < -0.4 is 0 Å². The molecule has 1 aliphatic rings. The number of ketones is 1. The van der Waals surface area contributed by atoms with E-state index in [2.05, 4.69) is 13.8 Å². The number of Topliss-reactive ketones (excluding diaryl/α,β-unsaturated/α-hetero) is 1. The molecule has 17 heavy (non-hydrogen) atoms. The van der Waals surface area contributed by atoms with Gasteiger partial charge in [-0.2, -0.15) is 11.8 Å². The second kappa shape index (κ2) is 6.05. The minimum atomic E-state index is 0.322. The lowest BCUT2D eigenvalue weighted by atomic mass is 10.0. The monoisotopic (exact) mass is 268 g/mol. The lowest BCUT2D eigenvalue weighted by molar-refractivity contribution is 0.102. The zero-order valence-electron chi connectivity index (χ0n) is 10.6. The first-order valence-electron chi connectivity index (χ1n) is 6.38. The van der Waals surface area contributed by atoms with Crippen molar-refractivity contribution in [2.24, 2.45) is 0 Å². The Balaban J connectivity index is 1.86. The second-order valence-electron chi connectivity index (χ2n) is 4.82. The van der Waals surface area contributed by atoms with Crippen LogP contribution in [0, 0.1) is 13.8 Å². The van der Waals surface area contributed by atoms with Gasteiger partial charge in [0.1, 0.15) is 0 Å². The third-order valence-corrected chi connectivity index (χ3v) is 5.68. The molecule has 1 aliphatic carbocycles. The van der Waals surface area contributed by atoms with Gasteiger partial charge in [0.25, 0.3) is 0 Å². The molecule has 1 aromatic rings. The van der Waals surface area contributed by atoms with Gasteiger partial charge < -0.3 is 0 Å². The summed E-state index contributed by atoms with van der Waals surface area (Å²) in [5.74, 6) is 0.990. The van der Waals surface area contributed by atoms with Crippen molar-refractivity contribution in [2.45, 2.75) is 51.2 Å². The number of thiophene rings is 1. The molecule has 0 unspecified atom stereocenters. The lowest BCUT2D eigenvalue weighted by Gasteiger charge is -2.20. The van der Waals surface area contributed by atoms with Gasteiger partial charge in [-0.1, -0.05) is 19.3 Å². The highest BCUT2D eigenvalue weighted by Crippen LogP contribution is 2.29. The quantitative estimate of drug-likeness (QED) is 0.742. The maximum Gasteiger partial charge on any atom is 0.173 e. The van der Waals surface area contributed by atoms with Crippen LogP contribution in [0.4, 0.5) is 0 Å². The summed E-state index contributed by atoms with van der Waals surface area (Å²) in [5.41, 5.74) is 0.954. The van der Waals surface area contributed by atoms with Crippen LogP contribution in [0.15, 0.2) is 6.07 Å². The van der Waals surface area contributed by atoms with Crippen LogP contribution in [-0.2, 0) is 0 Å². The Bertz CT molecular complexity index is 389. The summed E-state index contributed by atoms with van der Waals surface area (Å²) in [7, 11) is 0. The molecule has 0 N–H and O–H groups in total. The summed E-state index contributed by atoms with van der Waals surface area (Å²) in [6, 6.07) is 2.05. The zero-order chi connectivity index (χ0) is 12.3. The molecule has 1 nitrogen and oxygen atoms in total. The predicted molar refractivity (Wildman–Crippen MR) is 77.5 cm³/mol. The van der Waals surface area contributed by atoms with E-state index in [9.17, 15) is 4.79 Å². The smallest absolute Gasteiger partial charge is 0.173 e. The molecule has 0 radical (unpaired) electrons. The van der Waals surface area contributed by atoms with E-state index in [1.165, 1.54) is 41.9 Å². The molecule has 1 fully saturated rings. The van der Waals surface area contributed by atoms with Crippen LogP contribution in [-0.4, -0.2) is 16.8 Å². The van der Waals surface area contributed by atoms with Crippen molar-refractivity contribution in [3.63, 3.8) is 0 Å². The Morgan fingerprint density at radius 1 is 1.35 bits per heavy atom. The highest BCUT2D eigenvalue weighted by molar-refractivity contribution is 8.00. The summed E-state index contributed by atoms with van der Waals surface area (Å²) in [4.78, 5) is 14.5. The highest BCUT2D eigenvalue weighted by atomic mass is 32.2. The van der Waals surface area contributed by atoms with Crippen molar-refractivity contribution in [3.05, 3.63) is 21.4 Å². The zero-order valence-corrected chi connectivity index (χ0v) is 12.3. The van der Waals surface area contributed by atoms with Crippen LogP contribution in [0.1, 0.15) is 52.2 Å². The van der Waals surface area contributed by atoms with Crippen LogP contribution >= 0.6 is 23.1 Å². The fraction of sp³-hybridized carbons (Fsp3) is 0.643. The molecule has 94 valence electrons. The van der Waals surface area contributed by atoms with Gasteiger partial charge in [0, 0.05) is 20.6 Å². The van der Waals surface area contributed by atoms with E-state index in [1.54, 1.807) is 11.3 Å². The van der Waals surface area contributed by atoms with Gasteiger partial charge in [-0.25, -0.2) is 0 Å². The highest BCUT2D eigenvalue weighted by Gasteiger charge is 2.17. The Morgan fingerprint density at radius 3 is 2.65 bits per heavy atom. The second-order valence-corrected chi connectivity index (χ2v) is 7.57. The van der Waals surface area contributed by atoms with E-state index < -0.39 is 0 Å². The van der Waals surface area contributed by atoms with Gasteiger partial charge in [-0.05, 0) is 32.8 Å². The molecule has 1 heterocycles. The van der Waals surface area contributed by atoms with Crippen molar-refractivity contribution in [1.82, 2.24) is 0 Å². The number of hydrogen-bond donors (Lipinski definition) is 0. The average Bonchev–Trinajstić information content (AvgIpc) is 2.67. The fourth-order valence-corrected chi connectivity index (χ4v) is 4.56. The largest absolute Gasteiger partial charge is 0.293 e. The van der Waals surface area contributed by atoms with Crippen molar-refractivity contribution in [3.8, 4) is 0 Å². The fourth-order valence-electron chi connectivity index (χ4n) is 2.41. The summed E-state index contributed by atoms with van der Waals surface area (Å²) < 4.78 is 0. The van der Waals surface area contributed by atoms with Gasteiger partial charge in [-0.3, -0.25) is 4.79 Å². The summed E-state index contributed by atoms with van der Waals surface area (Å²) in [6.45, 7) is 4.12. The van der Waals surface area contributed by atoms with Crippen molar-refractivity contribution in [2.75, 3.05) is 5.75 Å². The molecule has 0 atom stereocenters. The normalized spacial score (nSPS) is 17.3. The summed E-state index contributed by atoms with van der Waals surface area (Å²) in [6.07, 6.45) is 6.69. The molecule has 2 rings (SSSR count). The van der Waals surface area contributed by atoms with Crippen LogP contribution in [0.3, 0.4) is 0 Å². The third kappa shape index (κ3) is 3.59. The van der Waals surface area contributed by atoms with Gasteiger partial charge >= 0.3 is 0 Å². The van der Waals surface area contributed by atoms with Gasteiger partial charge in [0.2, 0.25) is 0 Å².